The van der Waals surface area contributed by atoms with Gasteiger partial charge in [-0.05, 0) is 82.3 Å². The summed E-state index contributed by atoms with van der Waals surface area (Å²) in [6.07, 6.45) is 15.0. The summed E-state index contributed by atoms with van der Waals surface area (Å²) in [7, 11) is 0. The molecule has 0 saturated carbocycles. The van der Waals surface area contributed by atoms with Crippen molar-refractivity contribution in [3.8, 4) is 11.1 Å². The van der Waals surface area contributed by atoms with Crippen LogP contribution in [0.3, 0.4) is 0 Å². The third-order valence-corrected chi connectivity index (χ3v) is 7.64. The van der Waals surface area contributed by atoms with E-state index >= 15 is 0 Å². The molecule has 1 aliphatic rings. The molecule has 40 heavy (non-hydrogen) atoms. The van der Waals surface area contributed by atoms with Gasteiger partial charge in [0.1, 0.15) is 0 Å². The molecule has 0 bridgehead atoms. The van der Waals surface area contributed by atoms with Crippen LogP contribution < -0.4 is 17.2 Å². The van der Waals surface area contributed by atoms with Crippen molar-refractivity contribution >= 4 is 22.6 Å². The van der Waals surface area contributed by atoms with Gasteiger partial charge in [0, 0.05) is 23.0 Å². The second kappa shape index (κ2) is 11.4. The first kappa shape index (κ1) is 26.6. The lowest BCUT2D eigenvalue weighted by Crippen LogP contribution is -2.37. The lowest BCUT2D eigenvalue weighted by molar-refractivity contribution is 0.529. The summed E-state index contributed by atoms with van der Waals surface area (Å²) in [6.45, 7) is 6.12. The Hall–Kier alpha value is -5.02. The lowest BCUT2D eigenvalue weighted by Gasteiger charge is -2.41. The van der Waals surface area contributed by atoms with Crippen LogP contribution >= 0.6 is 0 Å². The second-order valence-electron chi connectivity index (χ2n) is 10.1. The lowest BCUT2D eigenvalue weighted by atomic mass is 9.60. The van der Waals surface area contributed by atoms with Crippen molar-refractivity contribution in [3.05, 3.63) is 168 Å². The van der Waals surface area contributed by atoms with Gasteiger partial charge in [-0.1, -0.05) is 110 Å². The van der Waals surface area contributed by atoms with E-state index in [0.29, 0.717) is 0 Å². The highest BCUT2D eigenvalue weighted by Crippen LogP contribution is 2.52. The van der Waals surface area contributed by atoms with Crippen molar-refractivity contribution in [2.45, 2.75) is 12.3 Å². The minimum Gasteiger partial charge on any atom is -0.399 e. The molecule has 0 aromatic heterocycles. The fourth-order valence-corrected chi connectivity index (χ4v) is 5.77. The number of anilines is 3. The van der Waals surface area contributed by atoms with E-state index in [1.54, 1.807) is 0 Å². The van der Waals surface area contributed by atoms with Crippen LogP contribution in [0.5, 0.6) is 0 Å². The zero-order chi connectivity index (χ0) is 28.1. The molecule has 3 heteroatoms. The number of nitrogens with two attached hydrogens (primary N) is 3. The normalized spacial score (nSPS) is 16.6. The molecule has 2 atom stereocenters. The smallest absolute Gasteiger partial charge is 0.0568 e. The van der Waals surface area contributed by atoms with E-state index in [1.807, 2.05) is 43.3 Å². The predicted molar refractivity (Wildman–Crippen MR) is 172 cm³/mol. The van der Waals surface area contributed by atoms with E-state index in [1.165, 1.54) is 0 Å². The summed E-state index contributed by atoms with van der Waals surface area (Å²) in [5.74, 6) is -0.0335. The van der Waals surface area contributed by atoms with E-state index in [4.69, 9.17) is 17.2 Å². The Balaban J connectivity index is 1.83. The topological polar surface area (TPSA) is 78.1 Å². The number of hydrogen-bond acceptors (Lipinski definition) is 3. The summed E-state index contributed by atoms with van der Waals surface area (Å²) in [6, 6.07) is 32.9. The minimum absolute atomic E-state index is 0.0335. The molecule has 0 spiro atoms. The van der Waals surface area contributed by atoms with Crippen LogP contribution in [0.25, 0.3) is 16.7 Å². The Morgan fingerprint density at radius 1 is 0.775 bits per heavy atom. The molecule has 4 aromatic rings. The van der Waals surface area contributed by atoms with Crippen molar-refractivity contribution in [2.24, 2.45) is 5.92 Å². The zero-order valence-corrected chi connectivity index (χ0v) is 22.8. The largest absolute Gasteiger partial charge is 0.399 e. The first-order valence-electron chi connectivity index (χ1n) is 13.5. The second-order valence-corrected chi connectivity index (χ2v) is 10.1. The molecule has 0 heterocycles. The van der Waals surface area contributed by atoms with Gasteiger partial charge in [0.2, 0.25) is 0 Å². The van der Waals surface area contributed by atoms with Gasteiger partial charge in [0.25, 0.3) is 0 Å². The molecule has 5 rings (SSSR count). The first-order chi connectivity index (χ1) is 19.5. The first-order valence-corrected chi connectivity index (χ1v) is 13.5. The molecule has 6 N–H and O–H groups in total. The average molecular weight is 522 g/mol. The fourth-order valence-electron chi connectivity index (χ4n) is 5.77. The average Bonchev–Trinajstić information content (AvgIpc) is 3.46. The van der Waals surface area contributed by atoms with Crippen LogP contribution in [0.1, 0.15) is 23.6 Å². The third kappa shape index (κ3) is 4.90. The number of nitrogen functional groups attached to an aromatic ring is 3. The quantitative estimate of drug-likeness (QED) is 0.161. The Bertz CT molecular complexity index is 1620. The van der Waals surface area contributed by atoms with Crippen LogP contribution in [-0.2, 0) is 5.41 Å². The predicted octanol–water partition coefficient (Wildman–Crippen LogP) is 8.34. The zero-order valence-electron chi connectivity index (χ0n) is 22.8. The van der Waals surface area contributed by atoms with Crippen molar-refractivity contribution in [1.29, 1.82) is 0 Å². The van der Waals surface area contributed by atoms with Gasteiger partial charge in [-0.3, -0.25) is 0 Å². The van der Waals surface area contributed by atoms with E-state index in [9.17, 15) is 0 Å². The number of allylic oxidation sites excluding steroid dienone is 9. The molecule has 4 aromatic carbocycles. The third-order valence-electron chi connectivity index (χ3n) is 7.64. The molecule has 2 unspecified atom stereocenters. The molecule has 0 aliphatic heterocycles. The van der Waals surface area contributed by atoms with Gasteiger partial charge < -0.3 is 17.2 Å². The Labute approximate surface area is 237 Å². The molecule has 198 valence electrons. The fraction of sp³-hybridized carbons (Fsp3) is 0.0811. The van der Waals surface area contributed by atoms with Gasteiger partial charge in [-0.2, -0.15) is 0 Å². The van der Waals surface area contributed by atoms with Gasteiger partial charge >= 0.3 is 0 Å². The Kier molecular flexibility index (Phi) is 7.56. The van der Waals surface area contributed by atoms with Crippen LogP contribution in [0.2, 0.25) is 0 Å². The van der Waals surface area contributed by atoms with Crippen LogP contribution in [0, 0.1) is 5.92 Å². The maximum absolute atomic E-state index is 6.92. The van der Waals surface area contributed by atoms with Crippen LogP contribution in [0.4, 0.5) is 17.1 Å². The van der Waals surface area contributed by atoms with Gasteiger partial charge in [0.05, 0.1) is 5.41 Å². The highest BCUT2D eigenvalue weighted by Gasteiger charge is 2.45. The Morgan fingerprint density at radius 3 is 2.02 bits per heavy atom. The molecule has 0 radical (unpaired) electrons. The van der Waals surface area contributed by atoms with Crippen molar-refractivity contribution < 1.29 is 0 Å². The minimum atomic E-state index is -0.637. The molecule has 1 aliphatic carbocycles. The van der Waals surface area contributed by atoms with E-state index in [2.05, 4.69) is 110 Å². The van der Waals surface area contributed by atoms with Crippen molar-refractivity contribution in [1.82, 2.24) is 0 Å². The summed E-state index contributed by atoms with van der Waals surface area (Å²) in [5, 5.41) is 0. The molecule has 0 fully saturated rings. The van der Waals surface area contributed by atoms with Crippen molar-refractivity contribution in [3.63, 3.8) is 0 Å². The van der Waals surface area contributed by atoms with Gasteiger partial charge in [-0.25, -0.2) is 0 Å². The number of rotatable bonds is 8. The van der Waals surface area contributed by atoms with Gasteiger partial charge in [-0.15, -0.1) is 0 Å². The number of benzene rings is 4. The summed E-state index contributed by atoms with van der Waals surface area (Å²) in [4.78, 5) is 0. The van der Waals surface area contributed by atoms with E-state index < -0.39 is 5.41 Å². The monoisotopic (exact) mass is 521 g/mol. The number of hydrogen-bond donors (Lipinski definition) is 3. The van der Waals surface area contributed by atoms with Gasteiger partial charge in [0.15, 0.2) is 0 Å². The van der Waals surface area contributed by atoms with E-state index in [-0.39, 0.29) is 5.92 Å². The summed E-state index contributed by atoms with van der Waals surface area (Å²) in [5.41, 5.74) is 28.2. The molecule has 0 saturated heterocycles. The van der Waals surface area contributed by atoms with E-state index in [0.717, 1.165) is 56.0 Å². The maximum atomic E-state index is 6.92. The standard InChI is InChI=1S/C37H35N3/c1-3-8-30(9-4-2)37(31-10-6-5-7-11-31,32-18-12-28(24-32)26-13-19-33(38)20-14-26)35-25-29(17-23-36(35)40)27-15-21-34(39)22-16-27/h3-25,32H,1,38-40H2,2H3/b9-4-,30-8+. The van der Waals surface area contributed by atoms with Crippen LogP contribution in [-0.4, -0.2) is 0 Å². The molecule has 3 nitrogen and oxygen atoms in total. The highest BCUT2D eigenvalue weighted by molar-refractivity contribution is 5.80. The van der Waals surface area contributed by atoms with Crippen molar-refractivity contribution in [2.75, 3.05) is 17.2 Å². The Morgan fingerprint density at radius 2 is 1.40 bits per heavy atom. The highest BCUT2D eigenvalue weighted by atomic mass is 14.6. The van der Waals surface area contributed by atoms with Crippen LogP contribution in [0.15, 0.2) is 152 Å². The maximum Gasteiger partial charge on any atom is 0.0568 e. The summed E-state index contributed by atoms with van der Waals surface area (Å²) < 4.78 is 0. The molecular weight excluding hydrogens is 486 g/mol. The summed E-state index contributed by atoms with van der Waals surface area (Å²) >= 11 is 0. The molecule has 0 amide bonds. The molecular formula is C37H35N3. The SMILES string of the molecule is C=C/C=C(\C=C/C)C(c1ccccc1)(c1cc(-c2ccc(N)cc2)ccc1N)C1C=CC(c2ccc(N)cc2)=C1.